The normalized spacial score (nSPS) is 15.3. The summed E-state index contributed by atoms with van der Waals surface area (Å²) in [6.45, 7) is 2.88. The van der Waals surface area contributed by atoms with Crippen LogP contribution in [0.25, 0.3) is 0 Å². The number of benzene rings is 2. The van der Waals surface area contributed by atoms with E-state index in [1.165, 1.54) is 0 Å². The predicted octanol–water partition coefficient (Wildman–Crippen LogP) is 2.45. The third kappa shape index (κ3) is 4.54. The number of likely N-dealkylation sites (tertiary alicyclic amines) is 1. The van der Waals surface area contributed by atoms with Crippen molar-refractivity contribution in [3.63, 3.8) is 0 Å². The van der Waals surface area contributed by atoms with Crippen LogP contribution < -0.4 is 4.72 Å². The maximum atomic E-state index is 12.5. The molecule has 2 aromatic rings. The van der Waals surface area contributed by atoms with E-state index in [4.69, 9.17) is 5.26 Å². The fraction of sp³-hybridized carbons (Fsp3) is 0.300. The van der Waals surface area contributed by atoms with Gasteiger partial charge in [0.15, 0.2) is 0 Å². The first-order valence-electron chi connectivity index (χ1n) is 8.77. The Balaban J connectivity index is 1.59. The van der Waals surface area contributed by atoms with Crippen LogP contribution in [0.5, 0.6) is 0 Å². The average Bonchev–Trinajstić information content (AvgIpc) is 2.68. The smallest absolute Gasteiger partial charge is 0.253 e. The van der Waals surface area contributed by atoms with Crippen LogP contribution in [-0.4, -0.2) is 38.4 Å². The number of carbonyl (C=O) groups is 1. The van der Waals surface area contributed by atoms with Gasteiger partial charge < -0.3 is 4.90 Å². The largest absolute Gasteiger partial charge is 0.339 e. The van der Waals surface area contributed by atoms with E-state index in [9.17, 15) is 13.2 Å². The number of sulfonamides is 1. The zero-order valence-corrected chi connectivity index (χ0v) is 15.9. The highest BCUT2D eigenvalue weighted by atomic mass is 32.2. The van der Waals surface area contributed by atoms with Gasteiger partial charge in [0, 0.05) is 24.7 Å². The molecule has 0 aliphatic carbocycles. The molecule has 7 heteroatoms. The van der Waals surface area contributed by atoms with Crippen molar-refractivity contribution in [3.05, 3.63) is 65.2 Å². The van der Waals surface area contributed by atoms with Crippen molar-refractivity contribution in [1.82, 2.24) is 9.62 Å². The molecule has 0 unspecified atom stereocenters. The molecule has 1 N–H and O–H groups in total. The van der Waals surface area contributed by atoms with Gasteiger partial charge in [-0.05, 0) is 56.2 Å². The lowest BCUT2D eigenvalue weighted by atomic mass is 10.0. The number of carbonyl (C=O) groups excluding carboxylic acids is 1. The fourth-order valence-electron chi connectivity index (χ4n) is 3.08. The number of nitriles is 1. The van der Waals surface area contributed by atoms with E-state index in [0.717, 1.165) is 5.56 Å². The SMILES string of the molecule is Cc1ccc(S(=O)(=O)NC2CCN(C(=O)c3ccc(C#N)cc3)CC2)cc1. The van der Waals surface area contributed by atoms with E-state index in [2.05, 4.69) is 4.72 Å². The molecule has 140 valence electrons. The first-order chi connectivity index (χ1) is 12.9. The first-order valence-corrected chi connectivity index (χ1v) is 10.3. The van der Waals surface area contributed by atoms with Gasteiger partial charge in [0.2, 0.25) is 10.0 Å². The second-order valence-electron chi connectivity index (χ2n) is 6.69. The lowest BCUT2D eigenvalue weighted by molar-refractivity contribution is 0.0711. The molecule has 0 radical (unpaired) electrons. The Kier molecular flexibility index (Phi) is 5.59. The molecule has 1 saturated heterocycles. The van der Waals surface area contributed by atoms with Crippen LogP contribution in [0, 0.1) is 18.3 Å². The molecule has 0 atom stereocenters. The molecule has 6 nitrogen and oxygen atoms in total. The van der Waals surface area contributed by atoms with E-state index in [1.54, 1.807) is 53.4 Å². The van der Waals surface area contributed by atoms with Crippen molar-refractivity contribution < 1.29 is 13.2 Å². The van der Waals surface area contributed by atoms with Crippen molar-refractivity contribution in [2.45, 2.75) is 30.7 Å². The molecular formula is C20H21N3O3S. The summed E-state index contributed by atoms with van der Waals surface area (Å²) in [6, 6.07) is 15.1. The van der Waals surface area contributed by atoms with E-state index in [1.807, 2.05) is 13.0 Å². The number of hydrogen-bond donors (Lipinski definition) is 1. The lowest BCUT2D eigenvalue weighted by Gasteiger charge is -2.32. The molecule has 0 bridgehead atoms. The number of nitrogens with zero attached hydrogens (tertiary/aromatic N) is 2. The quantitative estimate of drug-likeness (QED) is 0.878. The van der Waals surface area contributed by atoms with Crippen LogP contribution in [-0.2, 0) is 10.0 Å². The topological polar surface area (TPSA) is 90.3 Å². The number of amides is 1. The van der Waals surface area contributed by atoms with Gasteiger partial charge in [-0.2, -0.15) is 5.26 Å². The third-order valence-electron chi connectivity index (χ3n) is 4.70. The maximum absolute atomic E-state index is 12.5. The number of nitrogens with one attached hydrogen (secondary N) is 1. The van der Waals surface area contributed by atoms with E-state index in [-0.39, 0.29) is 16.8 Å². The Morgan fingerprint density at radius 3 is 2.22 bits per heavy atom. The molecule has 27 heavy (non-hydrogen) atoms. The highest BCUT2D eigenvalue weighted by Crippen LogP contribution is 2.17. The molecule has 2 aromatic carbocycles. The molecule has 1 aliphatic heterocycles. The van der Waals surface area contributed by atoms with Crippen LogP contribution in [0.15, 0.2) is 53.4 Å². The van der Waals surface area contributed by atoms with Crippen LogP contribution in [0.1, 0.15) is 34.3 Å². The molecule has 1 amide bonds. The van der Waals surface area contributed by atoms with Crippen LogP contribution >= 0.6 is 0 Å². The third-order valence-corrected chi connectivity index (χ3v) is 6.23. The second-order valence-corrected chi connectivity index (χ2v) is 8.40. The van der Waals surface area contributed by atoms with Gasteiger partial charge in [-0.1, -0.05) is 17.7 Å². The zero-order chi connectivity index (χ0) is 19.4. The zero-order valence-electron chi connectivity index (χ0n) is 15.1. The fourth-order valence-corrected chi connectivity index (χ4v) is 4.38. The van der Waals surface area contributed by atoms with Crippen LogP contribution in [0.4, 0.5) is 0 Å². The van der Waals surface area contributed by atoms with E-state index in [0.29, 0.717) is 37.1 Å². The Labute approximate surface area is 159 Å². The van der Waals surface area contributed by atoms with Crippen molar-refractivity contribution >= 4 is 15.9 Å². The van der Waals surface area contributed by atoms with Gasteiger partial charge >= 0.3 is 0 Å². The molecule has 3 rings (SSSR count). The summed E-state index contributed by atoms with van der Waals surface area (Å²) >= 11 is 0. The second kappa shape index (κ2) is 7.91. The lowest BCUT2D eigenvalue weighted by Crippen LogP contribution is -2.46. The standard InChI is InChI=1S/C20H21N3O3S/c1-15-2-8-19(9-3-15)27(25,26)22-18-10-12-23(13-11-18)20(24)17-6-4-16(14-21)5-7-17/h2-9,18,22H,10-13H2,1H3. The Morgan fingerprint density at radius 1 is 1.07 bits per heavy atom. The monoisotopic (exact) mass is 383 g/mol. The Hall–Kier alpha value is -2.69. The van der Waals surface area contributed by atoms with Crippen LogP contribution in [0.3, 0.4) is 0 Å². The summed E-state index contributed by atoms with van der Waals surface area (Å²) in [5.74, 6) is -0.0978. The van der Waals surface area contributed by atoms with Crippen LogP contribution in [0.2, 0.25) is 0 Å². The maximum Gasteiger partial charge on any atom is 0.253 e. The molecule has 0 saturated carbocycles. The molecular weight excluding hydrogens is 362 g/mol. The van der Waals surface area contributed by atoms with Gasteiger partial charge in [-0.15, -0.1) is 0 Å². The Bertz CT molecular complexity index is 953. The number of aryl methyl sites for hydroxylation is 1. The molecule has 1 aliphatic rings. The molecule has 1 heterocycles. The average molecular weight is 383 g/mol. The van der Waals surface area contributed by atoms with Crippen molar-refractivity contribution in [1.29, 1.82) is 5.26 Å². The first kappa shape index (κ1) is 19.1. The summed E-state index contributed by atoms with van der Waals surface area (Å²) in [5, 5.41) is 8.83. The minimum atomic E-state index is -3.56. The van der Waals surface area contributed by atoms with Gasteiger partial charge in [-0.25, -0.2) is 13.1 Å². The summed E-state index contributed by atoms with van der Waals surface area (Å²) in [4.78, 5) is 14.5. The highest BCUT2D eigenvalue weighted by Gasteiger charge is 2.27. The van der Waals surface area contributed by atoms with Gasteiger partial charge in [0.25, 0.3) is 5.91 Å². The van der Waals surface area contributed by atoms with Gasteiger partial charge in [0.1, 0.15) is 0 Å². The van der Waals surface area contributed by atoms with Crippen molar-refractivity contribution in [2.24, 2.45) is 0 Å². The number of piperidine rings is 1. The molecule has 1 fully saturated rings. The minimum Gasteiger partial charge on any atom is -0.339 e. The Morgan fingerprint density at radius 2 is 1.67 bits per heavy atom. The van der Waals surface area contributed by atoms with Crippen molar-refractivity contribution in [3.8, 4) is 6.07 Å². The van der Waals surface area contributed by atoms with E-state index >= 15 is 0 Å². The summed E-state index contributed by atoms with van der Waals surface area (Å²) in [5.41, 5.74) is 2.05. The van der Waals surface area contributed by atoms with Gasteiger partial charge in [-0.3, -0.25) is 4.79 Å². The number of hydrogen-bond acceptors (Lipinski definition) is 4. The summed E-state index contributed by atoms with van der Waals surface area (Å²) < 4.78 is 27.7. The molecule has 0 spiro atoms. The predicted molar refractivity (Wildman–Crippen MR) is 102 cm³/mol. The minimum absolute atomic E-state index is 0.0978. The van der Waals surface area contributed by atoms with Gasteiger partial charge in [0.05, 0.1) is 16.5 Å². The summed E-state index contributed by atoms with van der Waals surface area (Å²) in [7, 11) is -3.56. The van der Waals surface area contributed by atoms with Crippen molar-refractivity contribution in [2.75, 3.05) is 13.1 Å². The highest BCUT2D eigenvalue weighted by molar-refractivity contribution is 7.89. The van der Waals surface area contributed by atoms with E-state index < -0.39 is 10.0 Å². The molecule has 0 aromatic heterocycles. The number of rotatable bonds is 4. The summed E-state index contributed by atoms with van der Waals surface area (Å²) in [6.07, 6.45) is 1.13.